The molecular formula is C21H17F3N6O. The molecule has 4 heterocycles. The van der Waals surface area contributed by atoms with Crippen LogP contribution in [0.2, 0.25) is 0 Å². The lowest BCUT2D eigenvalue weighted by atomic mass is 10.1. The number of rotatable bonds is 6. The van der Waals surface area contributed by atoms with E-state index in [2.05, 4.69) is 30.2 Å². The lowest BCUT2D eigenvalue weighted by Gasteiger charge is -2.13. The van der Waals surface area contributed by atoms with Gasteiger partial charge in [-0.05, 0) is 43.3 Å². The maximum Gasteiger partial charge on any atom is 0.418 e. The maximum absolute atomic E-state index is 13.4. The third kappa shape index (κ3) is 4.58. The predicted octanol–water partition coefficient (Wildman–Crippen LogP) is 4.78. The molecule has 4 rings (SSSR count). The smallest absolute Gasteiger partial charge is 0.374 e. The summed E-state index contributed by atoms with van der Waals surface area (Å²) < 4.78 is 45.7. The Balaban J connectivity index is 1.84. The monoisotopic (exact) mass is 426 g/mol. The van der Waals surface area contributed by atoms with E-state index in [1.54, 1.807) is 24.5 Å². The van der Waals surface area contributed by atoms with Crippen LogP contribution in [0.15, 0.2) is 55.0 Å². The van der Waals surface area contributed by atoms with Crippen molar-refractivity contribution in [3.8, 4) is 11.4 Å². The summed E-state index contributed by atoms with van der Waals surface area (Å²) >= 11 is 0. The first-order valence-corrected chi connectivity index (χ1v) is 9.40. The van der Waals surface area contributed by atoms with E-state index in [0.717, 1.165) is 6.07 Å². The van der Waals surface area contributed by atoms with Gasteiger partial charge >= 0.3 is 6.18 Å². The highest BCUT2D eigenvalue weighted by atomic mass is 19.4. The van der Waals surface area contributed by atoms with Crippen molar-refractivity contribution in [3.05, 3.63) is 66.4 Å². The zero-order valence-corrected chi connectivity index (χ0v) is 16.4. The Hall–Kier alpha value is -3.66. The SMILES string of the molecule is CCOCc1nc(Nc2cccnc2)c2ccc(-c3ncccc3C(F)(F)F)nc2n1. The number of nitrogens with one attached hydrogen (secondary N) is 1. The summed E-state index contributed by atoms with van der Waals surface area (Å²) in [6, 6.07) is 8.89. The quantitative estimate of drug-likeness (QED) is 0.475. The van der Waals surface area contributed by atoms with Gasteiger partial charge in [0.25, 0.3) is 0 Å². The van der Waals surface area contributed by atoms with Crippen LogP contribution in [-0.2, 0) is 17.5 Å². The number of hydrogen-bond donors (Lipinski definition) is 1. The molecule has 158 valence electrons. The fourth-order valence-corrected chi connectivity index (χ4v) is 2.95. The lowest BCUT2D eigenvalue weighted by Crippen LogP contribution is -2.09. The van der Waals surface area contributed by atoms with Crippen LogP contribution < -0.4 is 5.32 Å². The molecule has 0 spiro atoms. The minimum Gasteiger partial charge on any atom is -0.374 e. The van der Waals surface area contributed by atoms with Gasteiger partial charge in [-0.25, -0.2) is 15.0 Å². The number of alkyl halides is 3. The Morgan fingerprint density at radius 3 is 2.58 bits per heavy atom. The zero-order chi connectivity index (χ0) is 21.8. The largest absolute Gasteiger partial charge is 0.418 e. The molecule has 0 atom stereocenters. The van der Waals surface area contributed by atoms with Crippen molar-refractivity contribution in [2.75, 3.05) is 11.9 Å². The maximum atomic E-state index is 13.4. The van der Waals surface area contributed by atoms with Crippen molar-refractivity contribution in [3.63, 3.8) is 0 Å². The van der Waals surface area contributed by atoms with Crippen molar-refractivity contribution in [1.29, 1.82) is 0 Å². The summed E-state index contributed by atoms with van der Waals surface area (Å²) in [7, 11) is 0. The van der Waals surface area contributed by atoms with Crippen molar-refractivity contribution in [1.82, 2.24) is 24.9 Å². The summed E-state index contributed by atoms with van der Waals surface area (Å²) in [5.74, 6) is 0.797. The Morgan fingerprint density at radius 1 is 1.00 bits per heavy atom. The molecule has 0 radical (unpaired) electrons. The van der Waals surface area contributed by atoms with Gasteiger partial charge in [0.05, 0.1) is 28.5 Å². The predicted molar refractivity (Wildman–Crippen MR) is 108 cm³/mol. The van der Waals surface area contributed by atoms with Crippen LogP contribution in [0.25, 0.3) is 22.4 Å². The van der Waals surface area contributed by atoms with Crippen LogP contribution in [0.5, 0.6) is 0 Å². The van der Waals surface area contributed by atoms with Crippen LogP contribution in [0.3, 0.4) is 0 Å². The van der Waals surface area contributed by atoms with Gasteiger partial charge in [0.15, 0.2) is 11.5 Å². The van der Waals surface area contributed by atoms with Gasteiger partial charge in [-0.2, -0.15) is 13.2 Å². The van der Waals surface area contributed by atoms with Gasteiger partial charge in [0.1, 0.15) is 18.1 Å². The second-order valence-electron chi connectivity index (χ2n) is 6.46. The topological polar surface area (TPSA) is 85.7 Å². The van der Waals surface area contributed by atoms with Gasteiger partial charge in [-0.1, -0.05) is 0 Å². The molecule has 0 unspecified atom stereocenters. The first-order chi connectivity index (χ1) is 15.0. The van der Waals surface area contributed by atoms with Gasteiger partial charge in [0, 0.05) is 19.0 Å². The third-order valence-corrected chi connectivity index (χ3v) is 4.32. The summed E-state index contributed by atoms with van der Waals surface area (Å²) in [5.41, 5.74) is -0.137. The summed E-state index contributed by atoms with van der Waals surface area (Å²) in [4.78, 5) is 21.2. The Labute approximate surface area is 175 Å². The molecule has 0 bridgehead atoms. The van der Waals surface area contributed by atoms with E-state index in [9.17, 15) is 13.2 Å². The first kappa shape index (κ1) is 20.6. The first-order valence-electron chi connectivity index (χ1n) is 9.40. The van der Waals surface area contributed by atoms with Crippen LogP contribution in [0.4, 0.5) is 24.7 Å². The summed E-state index contributed by atoms with van der Waals surface area (Å²) in [6.45, 7) is 2.44. The molecule has 0 aliphatic rings. The van der Waals surface area contributed by atoms with E-state index < -0.39 is 11.7 Å². The summed E-state index contributed by atoms with van der Waals surface area (Å²) in [5, 5.41) is 3.69. The molecule has 4 aromatic rings. The average Bonchev–Trinajstić information content (AvgIpc) is 2.77. The fraction of sp³-hybridized carbons (Fsp3) is 0.190. The molecule has 0 aliphatic carbocycles. The highest BCUT2D eigenvalue weighted by Crippen LogP contribution is 2.35. The molecule has 31 heavy (non-hydrogen) atoms. The minimum absolute atomic E-state index is 0.0637. The second kappa shape index (κ2) is 8.60. The van der Waals surface area contributed by atoms with Crippen LogP contribution in [-0.4, -0.2) is 31.5 Å². The molecule has 0 aliphatic heterocycles. The number of fused-ring (bicyclic) bond motifs is 1. The van der Waals surface area contributed by atoms with Crippen molar-refractivity contribution in [2.45, 2.75) is 19.7 Å². The Morgan fingerprint density at radius 2 is 1.84 bits per heavy atom. The number of ether oxygens (including phenoxy) is 1. The van der Waals surface area contributed by atoms with Crippen LogP contribution in [0, 0.1) is 0 Å². The molecular weight excluding hydrogens is 409 g/mol. The van der Waals surface area contributed by atoms with Gasteiger partial charge in [0.2, 0.25) is 0 Å². The van der Waals surface area contributed by atoms with Gasteiger partial charge < -0.3 is 10.1 Å². The van der Waals surface area contributed by atoms with Crippen molar-refractivity contribution >= 4 is 22.5 Å². The highest BCUT2D eigenvalue weighted by Gasteiger charge is 2.34. The minimum atomic E-state index is -4.56. The summed E-state index contributed by atoms with van der Waals surface area (Å²) in [6.07, 6.45) is 0.00947. The molecule has 1 N–H and O–H groups in total. The number of aromatic nitrogens is 5. The number of anilines is 2. The zero-order valence-electron chi connectivity index (χ0n) is 16.4. The Bertz CT molecular complexity index is 1200. The molecule has 0 amide bonds. The fourth-order valence-electron chi connectivity index (χ4n) is 2.95. The van der Waals surface area contributed by atoms with E-state index in [0.29, 0.717) is 29.3 Å². The molecule has 0 fully saturated rings. The third-order valence-electron chi connectivity index (χ3n) is 4.32. The van der Waals surface area contributed by atoms with E-state index >= 15 is 0 Å². The highest BCUT2D eigenvalue weighted by molar-refractivity contribution is 5.89. The second-order valence-corrected chi connectivity index (χ2v) is 6.46. The molecule has 0 saturated heterocycles. The molecule has 7 nitrogen and oxygen atoms in total. The molecule has 4 aromatic heterocycles. The molecule has 0 saturated carbocycles. The van der Waals surface area contributed by atoms with Gasteiger partial charge in [-0.3, -0.25) is 9.97 Å². The van der Waals surface area contributed by atoms with E-state index in [4.69, 9.17) is 4.74 Å². The standard InChI is InChI=1S/C21H17F3N6O/c1-2-31-12-17-29-19(27-13-5-3-9-25-11-13)14-7-8-16(28-20(14)30-17)18-15(21(22,23)24)6-4-10-26-18/h3-11H,2,12H2,1H3,(H,27,28,29,30). The van der Waals surface area contributed by atoms with E-state index in [1.165, 1.54) is 18.3 Å². The Kier molecular flexibility index (Phi) is 5.72. The van der Waals surface area contributed by atoms with E-state index in [1.807, 2.05) is 13.0 Å². The number of hydrogen-bond acceptors (Lipinski definition) is 7. The number of pyridine rings is 3. The molecule has 10 heteroatoms. The number of halogens is 3. The van der Waals surface area contributed by atoms with Crippen LogP contribution >= 0.6 is 0 Å². The molecule has 0 aromatic carbocycles. The average molecular weight is 426 g/mol. The van der Waals surface area contributed by atoms with Crippen molar-refractivity contribution in [2.24, 2.45) is 0 Å². The normalized spacial score (nSPS) is 11.6. The lowest BCUT2D eigenvalue weighted by molar-refractivity contribution is -0.137. The van der Waals surface area contributed by atoms with Gasteiger partial charge in [-0.15, -0.1) is 0 Å². The van der Waals surface area contributed by atoms with E-state index in [-0.39, 0.29) is 23.6 Å². The number of nitrogens with zero attached hydrogens (tertiary/aromatic N) is 5. The van der Waals surface area contributed by atoms with Crippen molar-refractivity contribution < 1.29 is 17.9 Å². The van der Waals surface area contributed by atoms with Crippen LogP contribution in [0.1, 0.15) is 18.3 Å².